The second kappa shape index (κ2) is 7.78. The highest BCUT2D eigenvalue weighted by Crippen LogP contribution is 2.14. The molecule has 0 radical (unpaired) electrons. The molecular formula is C14H20N2O4S. The fraction of sp³-hybridized carbons (Fsp3) is 0.500. The number of rotatable bonds is 7. The standard InChI is InChI=1S/C14H20N2O4S/c1-8(2)6-10(14(19)20)16-11(17)7-15-13(18)12-9(3)4-5-21-12/h4-5,8,10H,6-7H2,1-3H3,(H,15,18)(H,16,17)(H,19,20)/t10-/m0/s1. The average Bonchev–Trinajstić information content (AvgIpc) is 2.81. The second-order valence-electron chi connectivity index (χ2n) is 5.20. The Morgan fingerprint density at radius 1 is 1.33 bits per heavy atom. The largest absolute Gasteiger partial charge is 0.480 e. The number of amides is 2. The number of carboxylic acid groups (broad SMARTS) is 1. The van der Waals surface area contributed by atoms with Crippen molar-refractivity contribution in [3.8, 4) is 0 Å². The lowest BCUT2D eigenvalue weighted by Gasteiger charge is -2.16. The van der Waals surface area contributed by atoms with Crippen LogP contribution >= 0.6 is 11.3 Å². The molecule has 116 valence electrons. The number of aryl methyl sites for hydroxylation is 1. The van der Waals surface area contributed by atoms with E-state index in [4.69, 9.17) is 5.11 Å². The van der Waals surface area contributed by atoms with E-state index in [1.807, 2.05) is 26.8 Å². The van der Waals surface area contributed by atoms with Gasteiger partial charge in [-0.2, -0.15) is 0 Å². The minimum atomic E-state index is -1.07. The highest BCUT2D eigenvalue weighted by molar-refractivity contribution is 7.12. The van der Waals surface area contributed by atoms with Crippen molar-refractivity contribution < 1.29 is 19.5 Å². The third-order valence-corrected chi connectivity index (χ3v) is 3.83. The van der Waals surface area contributed by atoms with E-state index in [9.17, 15) is 14.4 Å². The van der Waals surface area contributed by atoms with E-state index < -0.39 is 17.9 Å². The van der Waals surface area contributed by atoms with Gasteiger partial charge in [0, 0.05) is 0 Å². The van der Waals surface area contributed by atoms with Gasteiger partial charge in [0.25, 0.3) is 5.91 Å². The summed E-state index contributed by atoms with van der Waals surface area (Å²) in [5.74, 6) is -1.76. The first-order chi connectivity index (χ1) is 9.81. The molecule has 7 heteroatoms. The summed E-state index contributed by atoms with van der Waals surface area (Å²) >= 11 is 1.30. The summed E-state index contributed by atoms with van der Waals surface area (Å²) in [7, 11) is 0. The summed E-state index contributed by atoms with van der Waals surface area (Å²) < 4.78 is 0. The molecule has 0 bridgehead atoms. The van der Waals surface area contributed by atoms with Crippen molar-refractivity contribution in [3.05, 3.63) is 21.9 Å². The molecule has 0 saturated carbocycles. The van der Waals surface area contributed by atoms with E-state index >= 15 is 0 Å². The summed E-state index contributed by atoms with van der Waals surface area (Å²) in [5, 5.41) is 15.7. The van der Waals surface area contributed by atoms with Crippen LogP contribution in [-0.4, -0.2) is 35.5 Å². The Hall–Kier alpha value is -1.89. The Morgan fingerprint density at radius 3 is 2.48 bits per heavy atom. The van der Waals surface area contributed by atoms with E-state index in [1.165, 1.54) is 11.3 Å². The zero-order valence-corrected chi connectivity index (χ0v) is 13.1. The molecule has 1 heterocycles. The minimum absolute atomic E-state index is 0.148. The average molecular weight is 312 g/mol. The number of hydrogen-bond donors (Lipinski definition) is 3. The van der Waals surface area contributed by atoms with Crippen LogP contribution in [-0.2, 0) is 9.59 Å². The maximum atomic E-state index is 11.8. The smallest absolute Gasteiger partial charge is 0.326 e. The molecular weight excluding hydrogens is 292 g/mol. The van der Waals surface area contributed by atoms with E-state index in [-0.39, 0.29) is 18.4 Å². The molecule has 0 saturated heterocycles. The normalized spacial score (nSPS) is 12.0. The Bertz CT molecular complexity index is 525. The van der Waals surface area contributed by atoms with E-state index in [1.54, 1.807) is 5.38 Å². The van der Waals surface area contributed by atoms with Crippen LogP contribution in [0.15, 0.2) is 11.4 Å². The molecule has 21 heavy (non-hydrogen) atoms. The highest BCUT2D eigenvalue weighted by Gasteiger charge is 2.21. The molecule has 0 unspecified atom stereocenters. The first-order valence-electron chi connectivity index (χ1n) is 6.65. The Balaban J connectivity index is 2.48. The van der Waals surface area contributed by atoms with Crippen LogP contribution in [0.5, 0.6) is 0 Å². The first-order valence-corrected chi connectivity index (χ1v) is 7.53. The van der Waals surface area contributed by atoms with Gasteiger partial charge in [-0.25, -0.2) is 4.79 Å². The highest BCUT2D eigenvalue weighted by atomic mass is 32.1. The Morgan fingerprint density at radius 2 is 2.00 bits per heavy atom. The van der Waals surface area contributed by atoms with Gasteiger partial charge in [-0.3, -0.25) is 9.59 Å². The SMILES string of the molecule is Cc1ccsc1C(=O)NCC(=O)N[C@@H](CC(C)C)C(=O)O. The second-order valence-corrected chi connectivity index (χ2v) is 6.12. The molecule has 2 amide bonds. The number of hydrogen-bond acceptors (Lipinski definition) is 4. The predicted molar refractivity (Wildman–Crippen MR) is 80.4 cm³/mol. The first kappa shape index (κ1) is 17.2. The fourth-order valence-corrected chi connectivity index (χ4v) is 2.63. The van der Waals surface area contributed by atoms with Gasteiger partial charge in [0.1, 0.15) is 6.04 Å². The van der Waals surface area contributed by atoms with Gasteiger partial charge < -0.3 is 15.7 Å². The van der Waals surface area contributed by atoms with Crippen LogP contribution in [0.2, 0.25) is 0 Å². The summed E-state index contributed by atoms with van der Waals surface area (Å²) in [4.78, 5) is 35.1. The molecule has 1 aromatic heterocycles. The van der Waals surface area contributed by atoms with Gasteiger partial charge in [0.2, 0.25) is 5.91 Å². The summed E-state index contributed by atoms with van der Waals surface area (Å²) in [6, 6.07) is 0.890. The number of nitrogens with one attached hydrogen (secondary N) is 2. The van der Waals surface area contributed by atoms with Crippen molar-refractivity contribution >= 4 is 29.1 Å². The van der Waals surface area contributed by atoms with Crippen molar-refractivity contribution in [1.29, 1.82) is 0 Å². The van der Waals surface area contributed by atoms with Crippen molar-refractivity contribution in [2.45, 2.75) is 33.2 Å². The molecule has 6 nitrogen and oxygen atoms in total. The lowest BCUT2D eigenvalue weighted by Crippen LogP contribution is -2.46. The van der Waals surface area contributed by atoms with Crippen LogP contribution < -0.4 is 10.6 Å². The number of carboxylic acids is 1. The quantitative estimate of drug-likeness (QED) is 0.709. The number of thiophene rings is 1. The molecule has 3 N–H and O–H groups in total. The van der Waals surface area contributed by atoms with Crippen LogP contribution in [0, 0.1) is 12.8 Å². The zero-order chi connectivity index (χ0) is 16.0. The van der Waals surface area contributed by atoms with E-state index in [2.05, 4.69) is 10.6 Å². The minimum Gasteiger partial charge on any atom is -0.480 e. The van der Waals surface area contributed by atoms with Gasteiger partial charge in [0.15, 0.2) is 0 Å². The van der Waals surface area contributed by atoms with Crippen molar-refractivity contribution in [1.82, 2.24) is 10.6 Å². The van der Waals surface area contributed by atoms with Crippen molar-refractivity contribution in [2.24, 2.45) is 5.92 Å². The van der Waals surface area contributed by atoms with Crippen LogP contribution in [0.1, 0.15) is 35.5 Å². The Labute approximate surface area is 127 Å². The Kier molecular flexibility index (Phi) is 6.36. The maximum Gasteiger partial charge on any atom is 0.326 e. The molecule has 0 spiro atoms. The van der Waals surface area contributed by atoms with E-state index in [0.29, 0.717) is 11.3 Å². The monoisotopic (exact) mass is 312 g/mol. The van der Waals surface area contributed by atoms with E-state index in [0.717, 1.165) is 5.56 Å². The van der Waals surface area contributed by atoms with Crippen LogP contribution in [0.4, 0.5) is 0 Å². The summed E-state index contributed by atoms with van der Waals surface area (Å²) in [5.41, 5.74) is 0.848. The van der Waals surface area contributed by atoms with Gasteiger partial charge in [0.05, 0.1) is 11.4 Å². The third-order valence-electron chi connectivity index (χ3n) is 2.82. The molecule has 0 aliphatic heterocycles. The maximum absolute atomic E-state index is 11.8. The van der Waals surface area contributed by atoms with Crippen molar-refractivity contribution in [2.75, 3.05) is 6.54 Å². The molecule has 0 aromatic carbocycles. The van der Waals surface area contributed by atoms with Crippen LogP contribution in [0.25, 0.3) is 0 Å². The molecule has 0 aliphatic rings. The van der Waals surface area contributed by atoms with Gasteiger partial charge in [-0.05, 0) is 36.3 Å². The molecule has 1 rings (SSSR count). The third kappa shape index (κ3) is 5.55. The summed E-state index contributed by atoms with van der Waals surface area (Å²) in [6.07, 6.45) is 0.346. The molecule has 1 atom stereocenters. The van der Waals surface area contributed by atoms with Crippen LogP contribution in [0.3, 0.4) is 0 Å². The predicted octanol–water partition coefficient (Wildman–Crippen LogP) is 1.40. The zero-order valence-electron chi connectivity index (χ0n) is 12.3. The van der Waals surface area contributed by atoms with Gasteiger partial charge >= 0.3 is 5.97 Å². The number of carbonyl (C=O) groups excluding carboxylic acids is 2. The number of aliphatic carboxylic acids is 1. The lowest BCUT2D eigenvalue weighted by atomic mass is 10.0. The molecule has 0 fully saturated rings. The van der Waals surface area contributed by atoms with Crippen molar-refractivity contribution in [3.63, 3.8) is 0 Å². The number of carbonyl (C=O) groups is 3. The summed E-state index contributed by atoms with van der Waals surface area (Å²) in [6.45, 7) is 5.33. The van der Waals surface area contributed by atoms with Gasteiger partial charge in [-0.15, -0.1) is 11.3 Å². The molecule has 1 aromatic rings. The topological polar surface area (TPSA) is 95.5 Å². The van der Waals surface area contributed by atoms with Gasteiger partial charge in [-0.1, -0.05) is 13.8 Å². The lowest BCUT2D eigenvalue weighted by molar-refractivity contribution is -0.142. The fourth-order valence-electron chi connectivity index (χ4n) is 1.78. The molecule has 0 aliphatic carbocycles.